The molecule has 3 aromatic rings. The maximum Gasteiger partial charge on any atom is 0.230 e. The van der Waals surface area contributed by atoms with E-state index in [1.165, 1.54) is 6.07 Å². The number of nitriles is 1. The van der Waals surface area contributed by atoms with Gasteiger partial charge in [0.15, 0.2) is 0 Å². The molecule has 0 saturated carbocycles. The standard InChI is InChI=1S/C19H16FN5O/c20-15-4-3-6-17(14(15)12-21)25-10-7-13(8-11-25)19-23-18(24-26-19)16-5-1-2-9-22-16/h1-6,9,13H,7-8,10-11H2. The largest absolute Gasteiger partial charge is 0.370 e. The summed E-state index contributed by atoms with van der Waals surface area (Å²) in [6.07, 6.45) is 3.28. The first-order valence-corrected chi connectivity index (χ1v) is 8.45. The van der Waals surface area contributed by atoms with Gasteiger partial charge < -0.3 is 9.42 Å². The van der Waals surface area contributed by atoms with Gasteiger partial charge in [0, 0.05) is 25.2 Å². The lowest BCUT2D eigenvalue weighted by atomic mass is 9.96. The molecule has 0 aliphatic carbocycles. The molecule has 6 nitrogen and oxygen atoms in total. The Labute approximate surface area is 149 Å². The van der Waals surface area contributed by atoms with Gasteiger partial charge in [0.2, 0.25) is 11.7 Å². The predicted octanol–water partition coefficient (Wildman–Crippen LogP) is 3.53. The molecule has 0 atom stereocenters. The summed E-state index contributed by atoms with van der Waals surface area (Å²) >= 11 is 0. The molecule has 1 saturated heterocycles. The van der Waals surface area contributed by atoms with Gasteiger partial charge in [-0.1, -0.05) is 17.3 Å². The molecule has 26 heavy (non-hydrogen) atoms. The number of aromatic nitrogens is 3. The van der Waals surface area contributed by atoms with Gasteiger partial charge in [-0.2, -0.15) is 10.2 Å². The van der Waals surface area contributed by atoms with Crippen LogP contribution in [0.2, 0.25) is 0 Å². The summed E-state index contributed by atoms with van der Waals surface area (Å²) in [5.74, 6) is 0.754. The van der Waals surface area contributed by atoms with Crippen molar-refractivity contribution in [1.82, 2.24) is 15.1 Å². The van der Waals surface area contributed by atoms with E-state index < -0.39 is 5.82 Å². The number of pyridine rings is 1. The lowest BCUT2D eigenvalue weighted by molar-refractivity contribution is 0.329. The second kappa shape index (κ2) is 6.92. The highest BCUT2D eigenvalue weighted by Crippen LogP contribution is 2.32. The Morgan fingerprint density at radius 3 is 2.73 bits per heavy atom. The Bertz CT molecular complexity index is 942. The number of piperidine rings is 1. The molecule has 3 heterocycles. The first-order chi connectivity index (χ1) is 12.8. The summed E-state index contributed by atoms with van der Waals surface area (Å²) in [7, 11) is 0. The zero-order valence-corrected chi connectivity index (χ0v) is 14.0. The van der Waals surface area contributed by atoms with Crippen molar-refractivity contribution in [2.24, 2.45) is 0 Å². The molecule has 0 bridgehead atoms. The van der Waals surface area contributed by atoms with Crippen molar-refractivity contribution in [3.8, 4) is 17.6 Å². The van der Waals surface area contributed by atoms with Crippen molar-refractivity contribution in [1.29, 1.82) is 5.26 Å². The lowest BCUT2D eigenvalue weighted by Crippen LogP contribution is -2.33. The average molecular weight is 349 g/mol. The molecule has 0 N–H and O–H groups in total. The van der Waals surface area contributed by atoms with Gasteiger partial charge >= 0.3 is 0 Å². The predicted molar refractivity (Wildman–Crippen MR) is 92.8 cm³/mol. The van der Waals surface area contributed by atoms with E-state index in [0.717, 1.165) is 12.8 Å². The first-order valence-electron chi connectivity index (χ1n) is 8.45. The summed E-state index contributed by atoms with van der Waals surface area (Å²) in [5, 5.41) is 13.2. The quantitative estimate of drug-likeness (QED) is 0.720. The SMILES string of the molecule is N#Cc1c(F)cccc1N1CCC(c2nc(-c3ccccn3)no2)CC1. The van der Waals surface area contributed by atoms with Crippen LogP contribution in [0.5, 0.6) is 0 Å². The molecule has 1 aliphatic rings. The molecule has 0 unspecified atom stereocenters. The second-order valence-corrected chi connectivity index (χ2v) is 6.18. The summed E-state index contributed by atoms with van der Waals surface area (Å²) in [6.45, 7) is 1.40. The maximum atomic E-state index is 13.8. The van der Waals surface area contributed by atoms with Crippen LogP contribution in [0.25, 0.3) is 11.5 Å². The van der Waals surface area contributed by atoms with E-state index in [0.29, 0.717) is 36.2 Å². The van der Waals surface area contributed by atoms with Gasteiger partial charge in [-0.05, 0) is 37.1 Å². The average Bonchev–Trinajstić information content (AvgIpc) is 3.19. The van der Waals surface area contributed by atoms with E-state index in [-0.39, 0.29) is 11.5 Å². The van der Waals surface area contributed by atoms with Crippen LogP contribution in [0.1, 0.15) is 30.2 Å². The molecule has 2 aromatic heterocycles. The third-order valence-electron chi connectivity index (χ3n) is 4.62. The van der Waals surface area contributed by atoms with Gasteiger partial charge in [0.25, 0.3) is 0 Å². The zero-order valence-electron chi connectivity index (χ0n) is 14.0. The zero-order chi connectivity index (χ0) is 17.9. The monoisotopic (exact) mass is 349 g/mol. The highest BCUT2D eigenvalue weighted by Gasteiger charge is 2.27. The molecule has 7 heteroatoms. The van der Waals surface area contributed by atoms with Gasteiger partial charge in [0.05, 0.1) is 5.69 Å². The highest BCUT2D eigenvalue weighted by atomic mass is 19.1. The van der Waals surface area contributed by atoms with Gasteiger partial charge in [0.1, 0.15) is 23.1 Å². The number of hydrogen-bond donors (Lipinski definition) is 0. The molecule has 1 aliphatic heterocycles. The third-order valence-corrected chi connectivity index (χ3v) is 4.62. The Balaban J connectivity index is 1.47. The third kappa shape index (κ3) is 3.02. The molecular formula is C19H16FN5O. The Morgan fingerprint density at radius 1 is 1.15 bits per heavy atom. The Kier molecular flexibility index (Phi) is 4.32. The highest BCUT2D eigenvalue weighted by molar-refractivity contribution is 5.60. The van der Waals surface area contributed by atoms with Crippen LogP contribution in [0.4, 0.5) is 10.1 Å². The van der Waals surface area contributed by atoms with Crippen LogP contribution in [0.3, 0.4) is 0 Å². The van der Waals surface area contributed by atoms with Crippen LogP contribution in [0, 0.1) is 17.1 Å². The number of rotatable bonds is 3. The number of anilines is 1. The fourth-order valence-electron chi connectivity index (χ4n) is 3.25. The van der Waals surface area contributed by atoms with Crippen molar-refractivity contribution < 1.29 is 8.91 Å². The summed E-state index contributed by atoms with van der Waals surface area (Å²) < 4.78 is 19.3. The minimum absolute atomic E-state index is 0.0983. The molecule has 1 fully saturated rings. The molecule has 4 rings (SSSR count). The topological polar surface area (TPSA) is 78.8 Å². The van der Waals surface area contributed by atoms with Crippen LogP contribution < -0.4 is 4.90 Å². The normalized spacial score (nSPS) is 15.0. The first kappa shape index (κ1) is 16.2. The number of nitrogens with zero attached hydrogens (tertiary/aromatic N) is 5. The van der Waals surface area contributed by atoms with Gasteiger partial charge in [-0.15, -0.1) is 0 Å². The van der Waals surface area contributed by atoms with Gasteiger partial charge in [-0.3, -0.25) is 4.98 Å². The van der Waals surface area contributed by atoms with E-state index in [4.69, 9.17) is 4.52 Å². The van der Waals surface area contributed by atoms with Crippen LogP contribution >= 0.6 is 0 Å². The smallest absolute Gasteiger partial charge is 0.230 e. The number of benzene rings is 1. The molecule has 0 amide bonds. The molecule has 0 radical (unpaired) electrons. The number of hydrogen-bond acceptors (Lipinski definition) is 6. The number of halogens is 1. The molecule has 1 aromatic carbocycles. The summed E-state index contributed by atoms with van der Waals surface area (Å²) in [4.78, 5) is 10.7. The Hall–Kier alpha value is -3.27. The van der Waals surface area contributed by atoms with E-state index >= 15 is 0 Å². The van der Waals surface area contributed by atoms with E-state index in [1.807, 2.05) is 29.2 Å². The molecular weight excluding hydrogens is 333 g/mol. The minimum Gasteiger partial charge on any atom is -0.370 e. The summed E-state index contributed by atoms with van der Waals surface area (Å²) in [6, 6.07) is 12.2. The fourth-order valence-corrected chi connectivity index (χ4v) is 3.25. The molecule has 130 valence electrons. The maximum absolute atomic E-state index is 13.8. The minimum atomic E-state index is -0.482. The van der Waals surface area contributed by atoms with E-state index in [1.54, 1.807) is 18.3 Å². The van der Waals surface area contributed by atoms with Crippen molar-refractivity contribution >= 4 is 5.69 Å². The Morgan fingerprint density at radius 2 is 2.00 bits per heavy atom. The van der Waals surface area contributed by atoms with Crippen LogP contribution in [0.15, 0.2) is 47.1 Å². The lowest BCUT2D eigenvalue weighted by Gasteiger charge is -2.32. The van der Waals surface area contributed by atoms with Crippen molar-refractivity contribution in [2.45, 2.75) is 18.8 Å². The van der Waals surface area contributed by atoms with Crippen molar-refractivity contribution in [2.75, 3.05) is 18.0 Å². The van der Waals surface area contributed by atoms with Crippen molar-refractivity contribution in [3.05, 3.63) is 59.9 Å². The fraction of sp³-hybridized carbons (Fsp3) is 0.263. The second-order valence-electron chi connectivity index (χ2n) is 6.18. The van der Waals surface area contributed by atoms with Gasteiger partial charge in [-0.25, -0.2) is 4.39 Å². The van der Waals surface area contributed by atoms with E-state index in [2.05, 4.69) is 15.1 Å². The van der Waals surface area contributed by atoms with Crippen molar-refractivity contribution in [3.63, 3.8) is 0 Å². The molecule has 0 spiro atoms. The summed E-state index contributed by atoms with van der Waals surface area (Å²) in [5.41, 5.74) is 1.42. The van der Waals surface area contributed by atoms with E-state index in [9.17, 15) is 9.65 Å². The van der Waals surface area contributed by atoms with Crippen LogP contribution in [-0.4, -0.2) is 28.2 Å². The van der Waals surface area contributed by atoms with Crippen LogP contribution in [-0.2, 0) is 0 Å².